The molecular formula is C22H23ClN2O2. The number of Topliss-reactive ketones (excluding diaryl/α,β-unsaturated/α-hetero) is 1. The first-order chi connectivity index (χ1) is 13.1. The number of carbonyl (C=O) groups is 1. The standard InChI is InChI=1S/C22H23ClN2O2/c23-18-13-17(9-11-21(18)26)25-14-24-19-12-16(8-10-20(19)25)22(27)15-6-4-2-1-3-5-7-15/h8-15,26H,1-7H2. The van der Waals surface area contributed by atoms with E-state index in [-0.39, 0.29) is 17.5 Å². The summed E-state index contributed by atoms with van der Waals surface area (Å²) in [4.78, 5) is 17.5. The summed E-state index contributed by atoms with van der Waals surface area (Å²) in [6.45, 7) is 0. The summed E-state index contributed by atoms with van der Waals surface area (Å²) in [5.74, 6) is 0.443. The molecule has 0 bridgehead atoms. The highest BCUT2D eigenvalue weighted by molar-refractivity contribution is 6.32. The second kappa shape index (κ2) is 7.73. The third-order valence-electron chi connectivity index (χ3n) is 5.52. The Balaban J connectivity index is 1.63. The summed E-state index contributed by atoms with van der Waals surface area (Å²) < 4.78 is 1.91. The minimum absolute atomic E-state index is 0.0527. The second-order valence-electron chi connectivity index (χ2n) is 7.36. The second-order valence-corrected chi connectivity index (χ2v) is 7.77. The van der Waals surface area contributed by atoms with Gasteiger partial charge in [0.25, 0.3) is 0 Å². The van der Waals surface area contributed by atoms with Gasteiger partial charge in [-0.2, -0.15) is 0 Å². The number of fused-ring (bicyclic) bond motifs is 1. The van der Waals surface area contributed by atoms with Crippen LogP contribution >= 0.6 is 11.6 Å². The van der Waals surface area contributed by atoms with Crippen molar-refractivity contribution in [1.29, 1.82) is 0 Å². The highest BCUT2D eigenvalue weighted by Gasteiger charge is 2.21. The van der Waals surface area contributed by atoms with Crippen molar-refractivity contribution in [1.82, 2.24) is 9.55 Å². The van der Waals surface area contributed by atoms with Crippen molar-refractivity contribution in [2.24, 2.45) is 5.92 Å². The molecule has 1 saturated carbocycles. The molecule has 2 aromatic carbocycles. The highest BCUT2D eigenvalue weighted by Crippen LogP contribution is 2.29. The maximum absolute atomic E-state index is 13.0. The van der Waals surface area contributed by atoms with Crippen LogP contribution in [0.4, 0.5) is 0 Å². The van der Waals surface area contributed by atoms with Crippen molar-refractivity contribution >= 4 is 28.4 Å². The molecule has 1 aromatic heterocycles. The lowest BCUT2D eigenvalue weighted by Crippen LogP contribution is -2.16. The van der Waals surface area contributed by atoms with E-state index < -0.39 is 0 Å². The molecule has 1 aliphatic carbocycles. The fraction of sp³-hybridized carbons (Fsp3) is 0.364. The number of phenolic OH excluding ortho intramolecular Hbond substituents is 1. The van der Waals surface area contributed by atoms with Crippen molar-refractivity contribution < 1.29 is 9.90 Å². The number of ketones is 1. The molecule has 1 N–H and O–H groups in total. The van der Waals surface area contributed by atoms with Crippen LogP contribution in [0.1, 0.15) is 55.3 Å². The van der Waals surface area contributed by atoms with Gasteiger partial charge in [-0.3, -0.25) is 9.36 Å². The quantitative estimate of drug-likeness (QED) is 0.571. The molecule has 4 rings (SSSR count). The van der Waals surface area contributed by atoms with Gasteiger partial charge < -0.3 is 5.11 Å². The predicted octanol–water partition coefficient (Wildman–Crippen LogP) is 5.93. The monoisotopic (exact) mass is 382 g/mol. The molecule has 27 heavy (non-hydrogen) atoms. The molecule has 3 aromatic rings. The number of benzene rings is 2. The average molecular weight is 383 g/mol. The van der Waals surface area contributed by atoms with Gasteiger partial charge in [-0.15, -0.1) is 0 Å². The van der Waals surface area contributed by atoms with Gasteiger partial charge in [0, 0.05) is 17.2 Å². The molecule has 1 heterocycles. The number of aromatic hydroxyl groups is 1. The van der Waals surface area contributed by atoms with Gasteiger partial charge in [0.2, 0.25) is 0 Å². The van der Waals surface area contributed by atoms with Gasteiger partial charge in [0.15, 0.2) is 5.78 Å². The van der Waals surface area contributed by atoms with Crippen molar-refractivity contribution in [3.8, 4) is 11.4 Å². The molecule has 0 unspecified atom stereocenters. The van der Waals surface area contributed by atoms with Crippen molar-refractivity contribution in [3.05, 3.63) is 53.3 Å². The Morgan fingerprint density at radius 1 is 1.04 bits per heavy atom. The zero-order valence-corrected chi connectivity index (χ0v) is 16.0. The Bertz CT molecular complexity index is 972. The van der Waals surface area contributed by atoms with Crippen LogP contribution in [0.25, 0.3) is 16.7 Å². The maximum atomic E-state index is 13.0. The van der Waals surface area contributed by atoms with Crippen molar-refractivity contribution in [3.63, 3.8) is 0 Å². The van der Waals surface area contributed by atoms with Crippen LogP contribution in [0.2, 0.25) is 5.02 Å². The van der Waals surface area contributed by atoms with Crippen LogP contribution in [0.15, 0.2) is 42.7 Å². The lowest BCUT2D eigenvalue weighted by atomic mass is 9.85. The normalized spacial score (nSPS) is 16.2. The number of halogens is 1. The van der Waals surface area contributed by atoms with Crippen molar-refractivity contribution in [2.75, 3.05) is 0 Å². The van der Waals surface area contributed by atoms with Crippen LogP contribution in [0.5, 0.6) is 5.75 Å². The maximum Gasteiger partial charge on any atom is 0.166 e. The summed E-state index contributed by atoms with van der Waals surface area (Å²) in [6, 6.07) is 10.8. The summed E-state index contributed by atoms with van der Waals surface area (Å²) in [6.07, 6.45) is 9.78. The molecule has 1 fully saturated rings. The number of hydrogen-bond donors (Lipinski definition) is 1. The van der Waals surface area contributed by atoms with Gasteiger partial charge in [0.05, 0.1) is 16.1 Å². The lowest BCUT2D eigenvalue weighted by molar-refractivity contribution is 0.0898. The van der Waals surface area contributed by atoms with E-state index in [1.807, 2.05) is 22.8 Å². The van der Waals surface area contributed by atoms with Crippen LogP contribution in [-0.2, 0) is 0 Å². The topological polar surface area (TPSA) is 55.1 Å². The molecule has 4 nitrogen and oxygen atoms in total. The molecular weight excluding hydrogens is 360 g/mol. The number of rotatable bonds is 3. The largest absolute Gasteiger partial charge is 0.506 e. The Labute approximate surface area is 163 Å². The number of aromatic nitrogens is 2. The molecule has 0 atom stereocenters. The zero-order chi connectivity index (χ0) is 18.8. The first kappa shape index (κ1) is 18.1. The van der Waals surface area contributed by atoms with E-state index in [0.717, 1.165) is 48.0 Å². The third-order valence-corrected chi connectivity index (χ3v) is 5.82. The van der Waals surface area contributed by atoms with Gasteiger partial charge in [-0.1, -0.05) is 43.7 Å². The summed E-state index contributed by atoms with van der Waals surface area (Å²) in [5, 5.41) is 9.92. The van der Waals surface area contributed by atoms with E-state index in [9.17, 15) is 9.90 Å². The molecule has 140 valence electrons. The molecule has 5 heteroatoms. The van der Waals surface area contributed by atoms with Crippen LogP contribution in [-0.4, -0.2) is 20.4 Å². The van der Waals surface area contributed by atoms with E-state index in [1.165, 1.54) is 19.3 Å². The molecule has 0 saturated heterocycles. The first-order valence-corrected chi connectivity index (χ1v) is 10.0. The Kier molecular flexibility index (Phi) is 5.17. The Hall–Kier alpha value is -2.33. The summed E-state index contributed by atoms with van der Waals surface area (Å²) in [7, 11) is 0. The minimum Gasteiger partial charge on any atom is -0.506 e. The number of imidazole rings is 1. The zero-order valence-electron chi connectivity index (χ0n) is 15.2. The molecule has 0 aliphatic heterocycles. The van der Waals surface area contributed by atoms with Crippen LogP contribution in [0, 0.1) is 5.92 Å². The first-order valence-electron chi connectivity index (χ1n) is 9.64. The van der Waals surface area contributed by atoms with Gasteiger partial charge in [-0.05, 0) is 49.2 Å². The third kappa shape index (κ3) is 3.72. The molecule has 0 spiro atoms. The van der Waals surface area contributed by atoms with E-state index >= 15 is 0 Å². The average Bonchev–Trinajstić information content (AvgIpc) is 3.06. The lowest BCUT2D eigenvalue weighted by Gasteiger charge is -2.18. The number of nitrogens with zero attached hydrogens (tertiary/aromatic N) is 2. The summed E-state index contributed by atoms with van der Waals surface area (Å²) >= 11 is 6.03. The number of hydrogen-bond acceptors (Lipinski definition) is 3. The molecule has 1 aliphatic rings. The van der Waals surface area contributed by atoms with Crippen LogP contribution in [0.3, 0.4) is 0 Å². The van der Waals surface area contributed by atoms with Gasteiger partial charge in [0.1, 0.15) is 12.1 Å². The van der Waals surface area contributed by atoms with E-state index in [1.54, 1.807) is 24.5 Å². The SMILES string of the molecule is O=C(c1ccc2c(c1)ncn2-c1ccc(O)c(Cl)c1)C1CCCCCCC1. The number of phenols is 1. The Morgan fingerprint density at radius 3 is 2.52 bits per heavy atom. The fourth-order valence-corrected chi connectivity index (χ4v) is 4.15. The summed E-state index contributed by atoms with van der Waals surface area (Å²) in [5.41, 5.74) is 3.27. The highest BCUT2D eigenvalue weighted by atomic mass is 35.5. The Morgan fingerprint density at radius 2 is 1.78 bits per heavy atom. The molecule has 0 radical (unpaired) electrons. The molecule has 0 amide bonds. The van der Waals surface area contributed by atoms with Gasteiger partial charge >= 0.3 is 0 Å². The van der Waals surface area contributed by atoms with E-state index in [0.29, 0.717) is 5.02 Å². The smallest absolute Gasteiger partial charge is 0.166 e. The van der Waals surface area contributed by atoms with Crippen LogP contribution < -0.4 is 0 Å². The predicted molar refractivity (Wildman–Crippen MR) is 108 cm³/mol. The van der Waals surface area contributed by atoms with E-state index in [2.05, 4.69) is 4.98 Å². The number of carbonyl (C=O) groups excluding carboxylic acids is 1. The minimum atomic E-state index is 0.0527. The van der Waals surface area contributed by atoms with Crippen molar-refractivity contribution in [2.45, 2.75) is 44.9 Å². The fourth-order valence-electron chi connectivity index (χ4n) is 3.97. The van der Waals surface area contributed by atoms with E-state index in [4.69, 9.17) is 11.6 Å². The van der Waals surface area contributed by atoms with Gasteiger partial charge in [-0.25, -0.2) is 4.98 Å².